The number of amides is 1. The van der Waals surface area contributed by atoms with Gasteiger partial charge in [0.05, 0.1) is 17.2 Å². The van der Waals surface area contributed by atoms with Gasteiger partial charge in [0.1, 0.15) is 5.82 Å². The SMILES string of the molecule is CCN(C[C@@]1(C)CCc2cc(-c3ncccn3)c(C)nc2N1)C(=O)[C@H](C)c1ccc(F)c(F)c1. The molecule has 4 rings (SSSR count). The molecule has 1 aliphatic heterocycles. The van der Waals surface area contributed by atoms with Gasteiger partial charge in [0.25, 0.3) is 0 Å². The van der Waals surface area contributed by atoms with Crippen LogP contribution in [0, 0.1) is 18.6 Å². The van der Waals surface area contributed by atoms with Crippen LogP contribution in [0.25, 0.3) is 11.4 Å². The number of carbonyl (C=O) groups excluding carboxylic acids is 1. The molecule has 1 aromatic carbocycles. The zero-order chi connectivity index (χ0) is 24.5. The maximum Gasteiger partial charge on any atom is 0.229 e. The average Bonchev–Trinajstić information content (AvgIpc) is 2.83. The van der Waals surface area contributed by atoms with E-state index in [2.05, 4.69) is 28.3 Å². The number of fused-ring (bicyclic) bond motifs is 1. The first kappa shape index (κ1) is 23.7. The second kappa shape index (κ2) is 9.44. The third-order valence-electron chi connectivity index (χ3n) is 6.51. The van der Waals surface area contributed by atoms with Crippen LogP contribution >= 0.6 is 0 Å². The van der Waals surface area contributed by atoms with Crippen molar-refractivity contribution in [3.05, 3.63) is 71.2 Å². The lowest BCUT2D eigenvalue weighted by atomic mass is 9.87. The van der Waals surface area contributed by atoms with Crippen molar-refractivity contribution < 1.29 is 13.6 Å². The van der Waals surface area contributed by atoms with Gasteiger partial charge >= 0.3 is 0 Å². The Morgan fingerprint density at radius 1 is 1.21 bits per heavy atom. The molecule has 0 saturated heterocycles. The summed E-state index contributed by atoms with van der Waals surface area (Å²) in [6, 6.07) is 7.50. The molecule has 0 radical (unpaired) electrons. The first-order valence-corrected chi connectivity index (χ1v) is 11.5. The van der Waals surface area contributed by atoms with Crippen molar-refractivity contribution in [1.29, 1.82) is 0 Å². The molecule has 3 heterocycles. The van der Waals surface area contributed by atoms with Gasteiger partial charge in [-0.25, -0.2) is 23.7 Å². The van der Waals surface area contributed by atoms with Crippen LogP contribution in [0.15, 0.2) is 42.7 Å². The molecule has 0 bridgehead atoms. The Hall–Kier alpha value is -3.42. The summed E-state index contributed by atoms with van der Waals surface area (Å²) in [5.74, 6) is -1.11. The minimum absolute atomic E-state index is 0.122. The number of aromatic nitrogens is 3. The molecule has 6 nitrogen and oxygen atoms in total. The topological polar surface area (TPSA) is 71.0 Å². The highest BCUT2D eigenvalue weighted by atomic mass is 19.2. The summed E-state index contributed by atoms with van der Waals surface area (Å²) in [5, 5.41) is 3.55. The molecular formula is C26H29F2N5O. The Morgan fingerprint density at radius 2 is 1.94 bits per heavy atom. The third kappa shape index (κ3) is 4.76. The van der Waals surface area contributed by atoms with Crippen LogP contribution in [0.4, 0.5) is 14.6 Å². The number of nitrogens with zero attached hydrogens (tertiary/aromatic N) is 4. The fourth-order valence-corrected chi connectivity index (χ4v) is 4.45. The summed E-state index contributed by atoms with van der Waals surface area (Å²) < 4.78 is 27.0. The van der Waals surface area contributed by atoms with E-state index in [0.29, 0.717) is 24.5 Å². The molecule has 8 heteroatoms. The van der Waals surface area contributed by atoms with E-state index in [9.17, 15) is 13.6 Å². The van der Waals surface area contributed by atoms with Gasteiger partial charge in [-0.1, -0.05) is 6.07 Å². The first-order valence-electron chi connectivity index (χ1n) is 11.5. The number of halogens is 2. The van der Waals surface area contributed by atoms with Crippen molar-refractivity contribution in [3.8, 4) is 11.4 Å². The summed E-state index contributed by atoms with van der Waals surface area (Å²) in [6.07, 6.45) is 5.04. The van der Waals surface area contributed by atoms with E-state index in [0.717, 1.165) is 47.6 Å². The molecule has 0 saturated carbocycles. The Morgan fingerprint density at radius 3 is 2.62 bits per heavy atom. The number of hydrogen-bond donors (Lipinski definition) is 1. The molecule has 1 N–H and O–H groups in total. The van der Waals surface area contributed by atoms with Crippen molar-refractivity contribution in [2.45, 2.75) is 52.0 Å². The fourth-order valence-electron chi connectivity index (χ4n) is 4.45. The summed E-state index contributed by atoms with van der Waals surface area (Å²) in [4.78, 5) is 28.5. The Balaban J connectivity index is 1.52. The molecule has 0 aliphatic carbocycles. The Kier molecular flexibility index (Phi) is 6.59. The third-order valence-corrected chi connectivity index (χ3v) is 6.51. The lowest BCUT2D eigenvalue weighted by Gasteiger charge is -2.40. The largest absolute Gasteiger partial charge is 0.363 e. The van der Waals surface area contributed by atoms with Crippen molar-refractivity contribution in [2.75, 3.05) is 18.4 Å². The number of nitrogens with one attached hydrogen (secondary N) is 1. The smallest absolute Gasteiger partial charge is 0.229 e. The maximum absolute atomic E-state index is 13.7. The van der Waals surface area contributed by atoms with E-state index in [1.165, 1.54) is 6.07 Å². The molecule has 1 amide bonds. The van der Waals surface area contributed by atoms with Crippen molar-refractivity contribution in [2.24, 2.45) is 0 Å². The minimum atomic E-state index is -0.945. The molecule has 2 aromatic heterocycles. The number of aryl methyl sites for hydroxylation is 2. The highest BCUT2D eigenvalue weighted by molar-refractivity contribution is 5.83. The van der Waals surface area contributed by atoms with Crippen LogP contribution in [-0.2, 0) is 11.2 Å². The van der Waals surface area contributed by atoms with Crippen molar-refractivity contribution >= 4 is 11.7 Å². The number of rotatable bonds is 6. The number of benzene rings is 1. The van der Waals surface area contributed by atoms with Gasteiger partial charge in [0.2, 0.25) is 5.91 Å². The van der Waals surface area contributed by atoms with Gasteiger partial charge in [0.15, 0.2) is 17.5 Å². The number of carbonyl (C=O) groups is 1. The summed E-state index contributed by atoms with van der Waals surface area (Å²) >= 11 is 0. The standard InChI is InChI=1S/C26H29F2N5O/c1-5-33(25(34)16(2)18-7-8-21(27)22(28)14-18)15-26(4)10-9-19-13-20(17(3)31-23(19)32-26)24-29-11-6-12-30-24/h6-8,11-14,16H,5,9-10,15H2,1-4H3,(H,31,32)/t16-,26-/m1/s1. The van der Waals surface area contributed by atoms with Crippen LogP contribution in [0.3, 0.4) is 0 Å². The van der Waals surface area contributed by atoms with E-state index < -0.39 is 17.6 Å². The van der Waals surface area contributed by atoms with Gasteiger partial charge in [-0.2, -0.15) is 0 Å². The quantitative estimate of drug-likeness (QED) is 0.561. The van der Waals surface area contributed by atoms with Crippen molar-refractivity contribution in [3.63, 3.8) is 0 Å². The van der Waals surface area contributed by atoms with Crippen LogP contribution in [0.2, 0.25) is 0 Å². The normalized spacial score (nSPS) is 18.1. The second-order valence-corrected chi connectivity index (χ2v) is 9.13. The summed E-state index contributed by atoms with van der Waals surface area (Å²) in [6.45, 7) is 8.64. The first-order chi connectivity index (χ1) is 16.2. The monoisotopic (exact) mass is 465 g/mol. The number of anilines is 1. The maximum atomic E-state index is 13.7. The van der Waals surface area contributed by atoms with E-state index in [1.807, 2.05) is 13.8 Å². The van der Waals surface area contributed by atoms with Crippen LogP contribution in [-0.4, -0.2) is 44.4 Å². The van der Waals surface area contributed by atoms with Gasteiger partial charge in [-0.3, -0.25) is 4.79 Å². The Labute approximate surface area is 198 Å². The molecule has 2 atom stereocenters. The highest BCUT2D eigenvalue weighted by Crippen LogP contribution is 2.34. The minimum Gasteiger partial charge on any atom is -0.363 e. The lowest BCUT2D eigenvalue weighted by molar-refractivity contribution is -0.133. The fraction of sp³-hybridized carbons (Fsp3) is 0.385. The molecule has 34 heavy (non-hydrogen) atoms. The van der Waals surface area contributed by atoms with E-state index in [4.69, 9.17) is 4.98 Å². The molecule has 178 valence electrons. The molecule has 1 aliphatic rings. The number of hydrogen-bond acceptors (Lipinski definition) is 5. The van der Waals surface area contributed by atoms with Crippen LogP contribution < -0.4 is 5.32 Å². The number of pyridine rings is 1. The molecule has 0 unspecified atom stereocenters. The van der Waals surface area contributed by atoms with E-state index in [-0.39, 0.29) is 11.4 Å². The average molecular weight is 466 g/mol. The predicted molar refractivity (Wildman–Crippen MR) is 127 cm³/mol. The van der Waals surface area contributed by atoms with E-state index in [1.54, 1.807) is 30.3 Å². The van der Waals surface area contributed by atoms with Crippen LogP contribution in [0.1, 0.15) is 49.9 Å². The molecule has 0 spiro atoms. The molecular weight excluding hydrogens is 436 g/mol. The number of likely N-dealkylation sites (N-methyl/N-ethyl adjacent to an activating group) is 1. The van der Waals surface area contributed by atoms with Crippen molar-refractivity contribution in [1.82, 2.24) is 19.9 Å². The van der Waals surface area contributed by atoms with E-state index >= 15 is 0 Å². The van der Waals surface area contributed by atoms with Gasteiger partial charge in [-0.15, -0.1) is 0 Å². The van der Waals surface area contributed by atoms with Gasteiger partial charge in [0, 0.05) is 31.0 Å². The molecule has 0 fully saturated rings. The van der Waals surface area contributed by atoms with Gasteiger partial charge in [-0.05, 0) is 75.9 Å². The zero-order valence-corrected chi connectivity index (χ0v) is 19.9. The lowest BCUT2D eigenvalue weighted by Crippen LogP contribution is -2.51. The van der Waals surface area contributed by atoms with Gasteiger partial charge < -0.3 is 10.2 Å². The predicted octanol–water partition coefficient (Wildman–Crippen LogP) is 4.89. The van der Waals surface area contributed by atoms with Crippen LogP contribution in [0.5, 0.6) is 0 Å². The highest BCUT2D eigenvalue weighted by Gasteiger charge is 2.35. The molecule has 3 aromatic rings. The Bertz CT molecular complexity index is 1200. The summed E-state index contributed by atoms with van der Waals surface area (Å²) in [7, 11) is 0. The summed E-state index contributed by atoms with van der Waals surface area (Å²) in [5.41, 5.74) is 2.92. The zero-order valence-electron chi connectivity index (χ0n) is 19.9. The second-order valence-electron chi connectivity index (χ2n) is 9.13.